The average molecular weight is 412 g/mol. The number of hydrogen-bond acceptors (Lipinski definition) is 2. The normalized spacial score (nSPS) is 11.4. The number of aromatic nitrogens is 2. The molecule has 0 saturated carbocycles. The number of carbonyl (C=O) groups excluding carboxylic acids is 1. The molecule has 0 aliphatic carbocycles. The van der Waals surface area contributed by atoms with Gasteiger partial charge in [0.1, 0.15) is 5.82 Å². The van der Waals surface area contributed by atoms with Gasteiger partial charge in [0.05, 0.1) is 17.6 Å². The lowest BCUT2D eigenvalue weighted by Crippen LogP contribution is -2.33. The SMILES string of the molecule is CCCn1c(CN(CCC(C)C)C(=O)c2ccccc2C)nc2ccc(Cl)cc21. The summed E-state index contributed by atoms with van der Waals surface area (Å²) in [7, 11) is 0. The summed E-state index contributed by atoms with van der Waals surface area (Å²) in [5, 5.41) is 0.703. The van der Waals surface area contributed by atoms with Gasteiger partial charge < -0.3 is 9.47 Å². The van der Waals surface area contributed by atoms with E-state index in [1.807, 2.05) is 54.3 Å². The molecule has 4 nitrogen and oxygen atoms in total. The van der Waals surface area contributed by atoms with Crippen LogP contribution in [0.5, 0.6) is 0 Å². The third-order valence-corrected chi connectivity index (χ3v) is 5.44. The molecule has 3 rings (SSSR count). The second-order valence-electron chi connectivity index (χ2n) is 8.04. The number of carbonyl (C=O) groups is 1. The quantitative estimate of drug-likeness (QED) is 0.449. The van der Waals surface area contributed by atoms with Gasteiger partial charge in [0, 0.05) is 23.7 Å². The van der Waals surface area contributed by atoms with Gasteiger partial charge in [0.2, 0.25) is 0 Å². The van der Waals surface area contributed by atoms with Crippen LogP contribution < -0.4 is 0 Å². The number of nitrogens with zero attached hydrogens (tertiary/aromatic N) is 3. The molecule has 0 spiro atoms. The van der Waals surface area contributed by atoms with Gasteiger partial charge in [-0.15, -0.1) is 0 Å². The Morgan fingerprint density at radius 2 is 1.97 bits per heavy atom. The number of benzene rings is 2. The van der Waals surface area contributed by atoms with E-state index < -0.39 is 0 Å². The molecule has 0 radical (unpaired) electrons. The zero-order chi connectivity index (χ0) is 21.0. The van der Waals surface area contributed by atoms with Crippen LogP contribution in [0.4, 0.5) is 0 Å². The highest BCUT2D eigenvalue weighted by atomic mass is 35.5. The first-order chi connectivity index (χ1) is 13.9. The average Bonchev–Trinajstić information content (AvgIpc) is 3.02. The Bertz CT molecular complexity index is 993. The van der Waals surface area contributed by atoms with Crippen LogP contribution in [0.15, 0.2) is 42.5 Å². The van der Waals surface area contributed by atoms with Gasteiger partial charge in [-0.25, -0.2) is 4.98 Å². The highest BCUT2D eigenvalue weighted by Crippen LogP contribution is 2.23. The fourth-order valence-corrected chi connectivity index (χ4v) is 3.73. The maximum absolute atomic E-state index is 13.4. The Morgan fingerprint density at radius 1 is 1.21 bits per heavy atom. The van der Waals surface area contributed by atoms with E-state index in [9.17, 15) is 4.79 Å². The zero-order valence-electron chi connectivity index (χ0n) is 17.8. The molecule has 0 atom stereocenters. The Hall–Kier alpha value is -2.33. The first-order valence-electron chi connectivity index (χ1n) is 10.4. The van der Waals surface area contributed by atoms with E-state index in [1.165, 1.54) is 0 Å². The number of fused-ring (bicyclic) bond motifs is 1. The lowest BCUT2D eigenvalue weighted by atomic mass is 10.1. The molecular formula is C24H30ClN3O. The zero-order valence-corrected chi connectivity index (χ0v) is 18.5. The van der Waals surface area contributed by atoms with E-state index in [4.69, 9.17) is 16.6 Å². The van der Waals surface area contributed by atoms with Crippen molar-refractivity contribution in [2.75, 3.05) is 6.54 Å². The molecule has 0 aliphatic heterocycles. The van der Waals surface area contributed by atoms with Crippen LogP contribution in [0, 0.1) is 12.8 Å². The topological polar surface area (TPSA) is 38.1 Å². The molecule has 1 amide bonds. The molecule has 0 aliphatic rings. The minimum atomic E-state index is 0.0666. The summed E-state index contributed by atoms with van der Waals surface area (Å²) < 4.78 is 2.20. The van der Waals surface area contributed by atoms with E-state index in [2.05, 4.69) is 25.3 Å². The minimum absolute atomic E-state index is 0.0666. The molecular weight excluding hydrogens is 382 g/mol. The summed E-state index contributed by atoms with van der Waals surface area (Å²) in [5.74, 6) is 1.50. The van der Waals surface area contributed by atoms with Crippen molar-refractivity contribution >= 4 is 28.5 Å². The molecule has 5 heteroatoms. The van der Waals surface area contributed by atoms with Crippen molar-refractivity contribution < 1.29 is 4.79 Å². The number of halogens is 1. The summed E-state index contributed by atoms with van der Waals surface area (Å²) in [6.07, 6.45) is 1.94. The molecule has 0 bridgehead atoms. The first kappa shape index (κ1) is 21.4. The number of hydrogen-bond donors (Lipinski definition) is 0. The van der Waals surface area contributed by atoms with Crippen LogP contribution in [0.2, 0.25) is 5.02 Å². The third kappa shape index (κ3) is 4.99. The Labute approximate surface area is 178 Å². The molecule has 1 heterocycles. The maximum atomic E-state index is 13.4. The highest BCUT2D eigenvalue weighted by Gasteiger charge is 2.21. The van der Waals surface area contributed by atoms with Crippen LogP contribution in [-0.4, -0.2) is 26.9 Å². The van der Waals surface area contributed by atoms with Crippen LogP contribution >= 0.6 is 11.6 Å². The first-order valence-corrected chi connectivity index (χ1v) is 10.8. The van der Waals surface area contributed by atoms with E-state index in [-0.39, 0.29) is 5.91 Å². The maximum Gasteiger partial charge on any atom is 0.254 e. The lowest BCUT2D eigenvalue weighted by molar-refractivity contribution is 0.0728. The molecule has 29 heavy (non-hydrogen) atoms. The number of amides is 1. The van der Waals surface area contributed by atoms with Crippen LogP contribution in [-0.2, 0) is 13.1 Å². The number of rotatable bonds is 8. The molecule has 1 aromatic heterocycles. The summed E-state index contributed by atoms with van der Waals surface area (Å²) in [4.78, 5) is 20.2. The van der Waals surface area contributed by atoms with Gasteiger partial charge in [-0.2, -0.15) is 0 Å². The third-order valence-electron chi connectivity index (χ3n) is 5.21. The van der Waals surface area contributed by atoms with Gasteiger partial charge >= 0.3 is 0 Å². The van der Waals surface area contributed by atoms with Crippen LogP contribution in [0.3, 0.4) is 0 Å². The van der Waals surface area contributed by atoms with Crippen molar-refractivity contribution in [1.29, 1.82) is 0 Å². The highest BCUT2D eigenvalue weighted by molar-refractivity contribution is 6.31. The van der Waals surface area contributed by atoms with Crippen molar-refractivity contribution in [3.8, 4) is 0 Å². The lowest BCUT2D eigenvalue weighted by Gasteiger charge is -2.24. The summed E-state index contributed by atoms with van der Waals surface area (Å²) >= 11 is 6.23. The van der Waals surface area contributed by atoms with Crippen molar-refractivity contribution in [3.63, 3.8) is 0 Å². The van der Waals surface area contributed by atoms with Gasteiger partial charge in [0.25, 0.3) is 5.91 Å². The fourth-order valence-electron chi connectivity index (χ4n) is 3.56. The predicted octanol–water partition coefficient (Wildman–Crippen LogP) is 6.10. The standard InChI is InChI=1S/C24H30ClN3O/c1-5-13-28-22-15-19(25)10-11-21(22)26-23(28)16-27(14-12-17(2)3)24(29)20-9-7-6-8-18(20)4/h6-11,15,17H,5,12-14,16H2,1-4H3. The molecule has 0 saturated heterocycles. The second kappa shape index (κ2) is 9.45. The molecule has 3 aromatic rings. The Balaban J connectivity index is 1.98. The summed E-state index contributed by atoms with van der Waals surface area (Å²) in [5.41, 5.74) is 3.71. The van der Waals surface area contributed by atoms with Crippen LogP contribution in [0.25, 0.3) is 11.0 Å². The van der Waals surface area contributed by atoms with Crippen molar-refractivity contribution in [2.24, 2.45) is 5.92 Å². The van der Waals surface area contributed by atoms with Crippen molar-refractivity contribution in [1.82, 2.24) is 14.5 Å². The summed E-state index contributed by atoms with van der Waals surface area (Å²) in [6, 6.07) is 13.6. The Kier molecular flexibility index (Phi) is 6.96. The largest absolute Gasteiger partial charge is 0.331 e. The minimum Gasteiger partial charge on any atom is -0.331 e. The Morgan fingerprint density at radius 3 is 2.66 bits per heavy atom. The fraction of sp³-hybridized carbons (Fsp3) is 0.417. The van der Waals surface area contributed by atoms with E-state index in [0.29, 0.717) is 24.0 Å². The predicted molar refractivity (Wildman–Crippen MR) is 120 cm³/mol. The van der Waals surface area contributed by atoms with Gasteiger partial charge in [-0.1, -0.05) is 50.6 Å². The molecule has 154 valence electrons. The van der Waals surface area contributed by atoms with E-state index in [1.54, 1.807) is 0 Å². The second-order valence-corrected chi connectivity index (χ2v) is 8.47. The molecule has 0 N–H and O–H groups in total. The van der Waals surface area contributed by atoms with Gasteiger partial charge in [0.15, 0.2) is 0 Å². The van der Waals surface area contributed by atoms with Gasteiger partial charge in [-0.3, -0.25) is 4.79 Å². The summed E-state index contributed by atoms with van der Waals surface area (Å²) in [6.45, 7) is 10.6. The van der Waals surface area contributed by atoms with Crippen molar-refractivity contribution in [2.45, 2.75) is 53.6 Å². The van der Waals surface area contributed by atoms with E-state index >= 15 is 0 Å². The van der Waals surface area contributed by atoms with Gasteiger partial charge in [-0.05, 0) is 55.5 Å². The monoisotopic (exact) mass is 411 g/mol. The van der Waals surface area contributed by atoms with Crippen LogP contribution in [0.1, 0.15) is 55.4 Å². The number of aryl methyl sites for hydroxylation is 2. The molecule has 2 aromatic carbocycles. The molecule has 0 unspecified atom stereocenters. The smallest absolute Gasteiger partial charge is 0.254 e. The number of imidazole rings is 1. The van der Waals surface area contributed by atoms with E-state index in [0.717, 1.165) is 47.4 Å². The van der Waals surface area contributed by atoms with Crippen molar-refractivity contribution in [3.05, 3.63) is 64.4 Å². The molecule has 0 fully saturated rings.